The Morgan fingerprint density at radius 1 is 1.03 bits per heavy atom. The Balaban J connectivity index is 1.49. The lowest BCUT2D eigenvalue weighted by Gasteiger charge is -2.40. The number of hydrogen-bond donors (Lipinski definition) is 1. The Hall–Kier alpha value is -2.81. The quantitative estimate of drug-likeness (QED) is 0.610. The van der Waals surface area contributed by atoms with Crippen LogP contribution >= 0.6 is 15.9 Å². The minimum Gasteiger partial charge on any atom is -0.465 e. The maximum atomic E-state index is 11.4. The Labute approximate surface area is 182 Å². The van der Waals surface area contributed by atoms with Gasteiger partial charge in [0, 0.05) is 54.8 Å². The number of likely N-dealkylation sites (tertiary alicyclic amines) is 1. The van der Waals surface area contributed by atoms with Gasteiger partial charge in [-0.05, 0) is 52.7 Å². The molecule has 5 heterocycles. The molecule has 154 valence electrons. The monoisotopic (exact) mass is 468 g/mol. The van der Waals surface area contributed by atoms with Crippen LogP contribution in [0.2, 0.25) is 0 Å². The first-order valence-corrected chi connectivity index (χ1v) is 10.8. The highest BCUT2D eigenvalue weighted by molar-refractivity contribution is 9.10. The van der Waals surface area contributed by atoms with E-state index in [0.717, 1.165) is 59.1 Å². The van der Waals surface area contributed by atoms with Gasteiger partial charge in [0.05, 0.1) is 17.1 Å². The van der Waals surface area contributed by atoms with Crippen molar-refractivity contribution in [2.45, 2.75) is 19.3 Å². The second-order valence-corrected chi connectivity index (χ2v) is 8.92. The molecule has 2 aliphatic rings. The predicted molar refractivity (Wildman–Crippen MR) is 116 cm³/mol. The highest BCUT2D eigenvalue weighted by Crippen LogP contribution is 2.42. The normalized spacial score (nSPS) is 18.3. The number of carbonyl (C=O) groups is 1. The van der Waals surface area contributed by atoms with Crippen LogP contribution in [-0.2, 0) is 0 Å². The zero-order valence-corrected chi connectivity index (χ0v) is 17.9. The molecule has 0 aromatic carbocycles. The first kappa shape index (κ1) is 19.2. The molecule has 0 bridgehead atoms. The van der Waals surface area contributed by atoms with Gasteiger partial charge in [0.2, 0.25) is 0 Å². The Kier molecular flexibility index (Phi) is 4.77. The Bertz CT molecular complexity index is 1100. The van der Waals surface area contributed by atoms with Crippen molar-refractivity contribution < 1.29 is 9.90 Å². The summed E-state index contributed by atoms with van der Waals surface area (Å²) < 4.78 is 0.870. The van der Waals surface area contributed by atoms with Gasteiger partial charge in [-0.15, -0.1) is 0 Å². The number of aromatic nitrogens is 4. The molecule has 2 saturated heterocycles. The summed E-state index contributed by atoms with van der Waals surface area (Å²) in [5.41, 5.74) is 1.79. The fourth-order valence-electron chi connectivity index (χ4n) is 4.58. The Morgan fingerprint density at radius 3 is 2.47 bits per heavy atom. The van der Waals surface area contributed by atoms with E-state index in [0.29, 0.717) is 18.9 Å². The lowest BCUT2D eigenvalue weighted by molar-refractivity contribution is 0.144. The van der Waals surface area contributed by atoms with Gasteiger partial charge in [-0.3, -0.25) is 9.97 Å². The van der Waals surface area contributed by atoms with E-state index in [1.165, 1.54) is 0 Å². The van der Waals surface area contributed by atoms with Gasteiger partial charge in [-0.2, -0.15) is 0 Å². The van der Waals surface area contributed by atoms with E-state index in [2.05, 4.69) is 30.8 Å². The number of carboxylic acid groups (broad SMARTS) is 1. The van der Waals surface area contributed by atoms with Crippen LogP contribution in [0.3, 0.4) is 0 Å². The van der Waals surface area contributed by atoms with E-state index in [1.807, 2.05) is 12.1 Å². The summed E-state index contributed by atoms with van der Waals surface area (Å²) in [6, 6.07) is 3.81. The van der Waals surface area contributed by atoms with Crippen LogP contribution in [0.5, 0.6) is 0 Å². The molecule has 5 rings (SSSR count). The Morgan fingerprint density at radius 2 is 1.77 bits per heavy atom. The first-order chi connectivity index (χ1) is 14.5. The van der Waals surface area contributed by atoms with E-state index in [9.17, 15) is 9.90 Å². The van der Waals surface area contributed by atoms with Crippen molar-refractivity contribution in [3.05, 3.63) is 41.4 Å². The van der Waals surface area contributed by atoms with Crippen LogP contribution in [0.25, 0.3) is 22.3 Å². The molecule has 1 amide bonds. The highest BCUT2D eigenvalue weighted by atomic mass is 79.9. The standard InChI is InChI=1S/C21H21BrN6O2/c22-15-11-24-12-16-17(15)19(26-18(25-16)14-1-6-23-7-2-14)27-8-3-21(4-9-27)5-10-28(13-21)20(29)30/h1-2,6-7,11-12H,3-5,8-10,13H2,(H,29,30). The van der Waals surface area contributed by atoms with Crippen LogP contribution in [0.4, 0.5) is 10.6 Å². The maximum Gasteiger partial charge on any atom is 0.407 e. The van der Waals surface area contributed by atoms with E-state index < -0.39 is 6.09 Å². The van der Waals surface area contributed by atoms with E-state index >= 15 is 0 Å². The van der Waals surface area contributed by atoms with Crippen molar-refractivity contribution in [1.82, 2.24) is 24.8 Å². The summed E-state index contributed by atoms with van der Waals surface area (Å²) in [6.07, 6.45) is 9.05. The van der Waals surface area contributed by atoms with E-state index in [1.54, 1.807) is 29.7 Å². The maximum absolute atomic E-state index is 11.4. The topological polar surface area (TPSA) is 95.3 Å². The van der Waals surface area contributed by atoms with Crippen molar-refractivity contribution in [3.8, 4) is 11.4 Å². The number of pyridine rings is 2. The largest absolute Gasteiger partial charge is 0.465 e. The molecule has 2 aliphatic heterocycles. The average Bonchev–Trinajstić information content (AvgIpc) is 3.18. The second-order valence-electron chi connectivity index (χ2n) is 8.06. The molecule has 3 aromatic heterocycles. The predicted octanol–water partition coefficient (Wildman–Crippen LogP) is 3.82. The summed E-state index contributed by atoms with van der Waals surface area (Å²) in [5.74, 6) is 1.54. The molecule has 1 N–H and O–H groups in total. The lowest BCUT2D eigenvalue weighted by Crippen LogP contribution is -2.42. The number of anilines is 1. The van der Waals surface area contributed by atoms with Crippen LogP contribution in [0, 0.1) is 5.41 Å². The molecular formula is C21H21BrN6O2. The van der Waals surface area contributed by atoms with Crippen molar-refractivity contribution in [3.63, 3.8) is 0 Å². The summed E-state index contributed by atoms with van der Waals surface area (Å²) in [5, 5.41) is 10.3. The minimum absolute atomic E-state index is 0.0877. The van der Waals surface area contributed by atoms with Gasteiger partial charge in [-0.25, -0.2) is 14.8 Å². The molecule has 0 atom stereocenters. The number of fused-ring (bicyclic) bond motifs is 1. The number of rotatable bonds is 2. The van der Waals surface area contributed by atoms with Gasteiger partial charge in [0.15, 0.2) is 5.82 Å². The third-order valence-electron chi connectivity index (χ3n) is 6.31. The van der Waals surface area contributed by atoms with Crippen LogP contribution < -0.4 is 4.90 Å². The molecule has 8 nitrogen and oxygen atoms in total. The zero-order valence-electron chi connectivity index (χ0n) is 16.3. The highest BCUT2D eigenvalue weighted by Gasteiger charge is 2.42. The van der Waals surface area contributed by atoms with Gasteiger partial charge in [-0.1, -0.05) is 0 Å². The lowest BCUT2D eigenvalue weighted by atomic mass is 9.78. The molecular weight excluding hydrogens is 448 g/mol. The van der Waals surface area contributed by atoms with Crippen molar-refractivity contribution >= 4 is 38.7 Å². The molecule has 1 spiro atoms. The molecule has 3 aromatic rings. The molecule has 30 heavy (non-hydrogen) atoms. The second kappa shape index (κ2) is 7.46. The van der Waals surface area contributed by atoms with Gasteiger partial charge in [0.1, 0.15) is 5.82 Å². The van der Waals surface area contributed by atoms with E-state index in [4.69, 9.17) is 9.97 Å². The average molecular weight is 469 g/mol. The molecule has 0 saturated carbocycles. The summed E-state index contributed by atoms with van der Waals surface area (Å²) in [4.78, 5) is 33.3. The number of piperidine rings is 1. The third-order valence-corrected chi connectivity index (χ3v) is 6.91. The molecule has 0 unspecified atom stereocenters. The van der Waals surface area contributed by atoms with Crippen molar-refractivity contribution in [2.24, 2.45) is 5.41 Å². The van der Waals surface area contributed by atoms with Gasteiger partial charge < -0.3 is 14.9 Å². The van der Waals surface area contributed by atoms with Gasteiger partial charge in [0.25, 0.3) is 0 Å². The summed E-state index contributed by atoms with van der Waals surface area (Å²) in [7, 11) is 0. The van der Waals surface area contributed by atoms with Crippen LogP contribution in [0.1, 0.15) is 19.3 Å². The van der Waals surface area contributed by atoms with Crippen LogP contribution in [0.15, 0.2) is 41.4 Å². The zero-order chi connectivity index (χ0) is 20.7. The molecule has 0 radical (unpaired) electrons. The number of amides is 1. The number of halogens is 1. The van der Waals surface area contributed by atoms with E-state index in [-0.39, 0.29) is 5.41 Å². The number of nitrogens with zero attached hydrogens (tertiary/aromatic N) is 6. The minimum atomic E-state index is -0.811. The molecule has 2 fully saturated rings. The summed E-state index contributed by atoms with van der Waals surface area (Å²) >= 11 is 3.63. The molecule has 9 heteroatoms. The first-order valence-electron chi connectivity index (χ1n) is 9.99. The van der Waals surface area contributed by atoms with Gasteiger partial charge >= 0.3 is 6.09 Å². The molecule has 0 aliphatic carbocycles. The number of hydrogen-bond acceptors (Lipinski definition) is 6. The van der Waals surface area contributed by atoms with Crippen molar-refractivity contribution in [2.75, 3.05) is 31.1 Å². The fraction of sp³-hybridized carbons (Fsp3) is 0.381. The smallest absolute Gasteiger partial charge is 0.407 e. The SMILES string of the molecule is O=C(O)N1CCC2(CCN(c3nc(-c4ccncc4)nc4cncc(Br)c34)CC2)C1. The fourth-order valence-corrected chi connectivity index (χ4v) is 5.08. The summed E-state index contributed by atoms with van der Waals surface area (Å²) in [6.45, 7) is 2.94. The van der Waals surface area contributed by atoms with Crippen LogP contribution in [-0.4, -0.2) is 62.2 Å². The van der Waals surface area contributed by atoms with Crippen molar-refractivity contribution in [1.29, 1.82) is 0 Å². The third kappa shape index (κ3) is 3.36.